The number of thiophene rings is 1. The number of carbonyl (C=O) groups is 1. The zero-order chi connectivity index (χ0) is 18.0. The molecule has 138 valence electrons. The van der Waals surface area contributed by atoms with Crippen LogP contribution >= 0.6 is 11.3 Å². The lowest BCUT2D eigenvalue weighted by Crippen LogP contribution is -2.58. The van der Waals surface area contributed by atoms with E-state index in [1.807, 2.05) is 30.0 Å². The van der Waals surface area contributed by atoms with Gasteiger partial charge in [-0.15, -0.1) is 0 Å². The summed E-state index contributed by atoms with van der Waals surface area (Å²) < 4.78 is 6.06. The van der Waals surface area contributed by atoms with E-state index in [0.717, 1.165) is 43.9 Å². The van der Waals surface area contributed by atoms with Crippen LogP contribution < -0.4 is 0 Å². The van der Waals surface area contributed by atoms with Crippen molar-refractivity contribution in [3.8, 4) is 0 Å². The number of ether oxygens (including phenoxy) is 1. The topological polar surface area (TPSA) is 45.7 Å². The van der Waals surface area contributed by atoms with Gasteiger partial charge in [0.1, 0.15) is 6.61 Å². The summed E-state index contributed by atoms with van der Waals surface area (Å²) in [5, 5.41) is 4.35. The first-order chi connectivity index (χ1) is 12.6. The van der Waals surface area contributed by atoms with Gasteiger partial charge in [-0.3, -0.25) is 14.7 Å². The van der Waals surface area contributed by atoms with Gasteiger partial charge in [-0.1, -0.05) is 6.07 Å². The number of nitrogens with zero attached hydrogens (tertiary/aromatic N) is 3. The normalized spacial score (nSPS) is 20.7. The van der Waals surface area contributed by atoms with Gasteiger partial charge in [0.05, 0.1) is 24.4 Å². The SMILES string of the molecule is Cc1cccc(CN2CC3(CCN(Cc4ccsc4)CC3)OCC2=O)n1. The Hall–Kier alpha value is -1.76. The van der Waals surface area contributed by atoms with Crippen molar-refractivity contribution < 1.29 is 9.53 Å². The predicted molar refractivity (Wildman–Crippen MR) is 102 cm³/mol. The molecule has 0 saturated carbocycles. The molecule has 4 heterocycles. The quantitative estimate of drug-likeness (QED) is 0.829. The second-order valence-electron chi connectivity index (χ2n) is 7.40. The third-order valence-electron chi connectivity index (χ3n) is 5.39. The lowest BCUT2D eigenvalue weighted by Gasteiger charge is -2.47. The summed E-state index contributed by atoms with van der Waals surface area (Å²) in [6.07, 6.45) is 1.95. The molecule has 0 N–H and O–H groups in total. The highest BCUT2D eigenvalue weighted by Crippen LogP contribution is 2.31. The largest absolute Gasteiger partial charge is 0.363 e. The Kier molecular flexibility index (Phi) is 5.07. The van der Waals surface area contributed by atoms with Gasteiger partial charge in [0.15, 0.2) is 0 Å². The van der Waals surface area contributed by atoms with Crippen molar-refractivity contribution in [1.29, 1.82) is 0 Å². The van der Waals surface area contributed by atoms with Gasteiger partial charge >= 0.3 is 0 Å². The van der Waals surface area contributed by atoms with Crippen molar-refractivity contribution in [2.24, 2.45) is 0 Å². The number of aromatic nitrogens is 1. The maximum atomic E-state index is 12.3. The highest BCUT2D eigenvalue weighted by atomic mass is 32.1. The van der Waals surface area contributed by atoms with Crippen LogP contribution in [0.15, 0.2) is 35.0 Å². The number of aryl methyl sites for hydroxylation is 1. The van der Waals surface area contributed by atoms with Gasteiger partial charge < -0.3 is 9.64 Å². The number of hydrogen-bond donors (Lipinski definition) is 0. The molecule has 2 aromatic rings. The van der Waals surface area contributed by atoms with E-state index < -0.39 is 0 Å². The molecule has 26 heavy (non-hydrogen) atoms. The van der Waals surface area contributed by atoms with Crippen molar-refractivity contribution in [1.82, 2.24) is 14.8 Å². The zero-order valence-electron chi connectivity index (χ0n) is 15.2. The predicted octanol–water partition coefficient (Wildman–Crippen LogP) is 2.85. The van der Waals surface area contributed by atoms with E-state index in [-0.39, 0.29) is 18.1 Å². The number of rotatable bonds is 4. The van der Waals surface area contributed by atoms with Gasteiger partial charge in [-0.05, 0) is 54.3 Å². The summed E-state index contributed by atoms with van der Waals surface area (Å²) in [6.45, 7) is 6.46. The van der Waals surface area contributed by atoms with Crippen molar-refractivity contribution in [2.45, 2.75) is 38.5 Å². The minimum absolute atomic E-state index is 0.0691. The van der Waals surface area contributed by atoms with Crippen molar-refractivity contribution in [3.05, 3.63) is 52.0 Å². The molecule has 2 aromatic heterocycles. The average molecular weight is 372 g/mol. The Labute approximate surface area is 158 Å². The summed E-state index contributed by atoms with van der Waals surface area (Å²) in [7, 11) is 0. The van der Waals surface area contributed by atoms with Crippen molar-refractivity contribution in [2.75, 3.05) is 26.2 Å². The molecule has 0 aromatic carbocycles. The fraction of sp³-hybridized carbons (Fsp3) is 0.500. The van der Waals surface area contributed by atoms with Crippen LogP contribution in [0.25, 0.3) is 0 Å². The highest BCUT2D eigenvalue weighted by molar-refractivity contribution is 7.07. The Morgan fingerprint density at radius 2 is 2.08 bits per heavy atom. The van der Waals surface area contributed by atoms with Crippen molar-refractivity contribution in [3.63, 3.8) is 0 Å². The molecular weight excluding hydrogens is 346 g/mol. The van der Waals surface area contributed by atoms with E-state index in [4.69, 9.17) is 4.74 Å². The fourth-order valence-corrected chi connectivity index (χ4v) is 4.54. The van der Waals surface area contributed by atoms with Gasteiger partial charge in [0, 0.05) is 25.3 Å². The minimum Gasteiger partial charge on any atom is -0.363 e. The summed E-state index contributed by atoms with van der Waals surface area (Å²) in [5.41, 5.74) is 3.13. The first kappa shape index (κ1) is 17.6. The Balaban J connectivity index is 1.37. The molecule has 0 aliphatic carbocycles. The average Bonchev–Trinajstić information content (AvgIpc) is 3.14. The molecular formula is C20H25N3O2S. The zero-order valence-corrected chi connectivity index (χ0v) is 16.0. The Morgan fingerprint density at radius 1 is 1.23 bits per heavy atom. The summed E-state index contributed by atoms with van der Waals surface area (Å²) in [5.74, 6) is 0.0691. The molecule has 6 heteroatoms. The highest BCUT2D eigenvalue weighted by Gasteiger charge is 2.42. The molecule has 4 rings (SSSR count). The van der Waals surface area contributed by atoms with E-state index in [1.54, 1.807) is 11.3 Å². The maximum Gasteiger partial charge on any atom is 0.249 e. The van der Waals surface area contributed by atoms with Crippen LogP contribution in [0.2, 0.25) is 0 Å². The van der Waals surface area contributed by atoms with Gasteiger partial charge in [0.25, 0.3) is 0 Å². The third kappa shape index (κ3) is 3.98. The number of pyridine rings is 1. The van der Waals surface area contributed by atoms with Gasteiger partial charge in [0.2, 0.25) is 5.91 Å². The molecule has 5 nitrogen and oxygen atoms in total. The molecule has 0 unspecified atom stereocenters. The second-order valence-corrected chi connectivity index (χ2v) is 8.18. The van der Waals surface area contributed by atoms with E-state index in [0.29, 0.717) is 13.1 Å². The standard InChI is InChI=1S/C20H25N3O2S/c1-16-3-2-4-18(21-16)12-23-15-20(25-13-19(23)24)6-8-22(9-7-20)11-17-5-10-26-14-17/h2-5,10,14H,6-9,11-13,15H2,1H3. The number of piperidine rings is 1. The van der Waals surface area contributed by atoms with Crippen LogP contribution in [0.5, 0.6) is 0 Å². The number of morpholine rings is 1. The van der Waals surface area contributed by atoms with Crippen LogP contribution in [-0.2, 0) is 22.6 Å². The monoisotopic (exact) mass is 371 g/mol. The van der Waals surface area contributed by atoms with Crippen LogP contribution in [0.1, 0.15) is 29.8 Å². The maximum absolute atomic E-state index is 12.3. The number of amides is 1. The number of hydrogen-bond acceptors (Lipinski definition) is 5. The Morgan fingerprint density at radius 3 is 2.81 bits per heavy atom. The molecule has 0 bridgehead atoms. The molecule has 0 atom stereocenters. The van der Waals surface area contributed by atoms with Crippen LogP contribution in [0.3, 0.4) is 0 Å². The van der Waals surface area contributed by atoms with E-state index in [2.05, 4.69) is 26.7 Å². The van der Waals surface area contributed by atoms with E-state index in [1.165, 1.54) is 5.56 Å². The van der Waals surface area contributed by atoms with E-state index >= 15 is 0 Å². The molecule has 0 radical (unpaired) electrons. The third-order valence-corrected chi connectivity index (χ3v) is 6.12. The Bertz CT molecular complexity index is 754. The first-order valence-electron chi connectivity index (χ1n) is 9.20. The number of carbonyl (C=O) groups excluding carboxylic acids is 1. The van der Waals surface area contributed by atoms with Crippen LogP contribution in [0, 0.1) is 6.92 Å². The molecule has 1 amide bonds. The fourth-order valence-electron chi connectivity index (χ4n) is 3.88. The molecule has 2 aliphatic heterocycles. The smallest absolute Gasteiger partial charge is 0.249 e. The molecule has 1 spiro atoms. The van der Waals surface area contributed by atoms with Crippen molar-refractivity contribution >= 4 is 17.2 Å². The summed E-state index contributed by atoms with van der Waals surface area (Å²) in [4.78, 5) is 21.3. The first-order valence-corrected chi connectivity index (χ1v) is 10.1. The second kappa shape index (κ2) is 7.47. The molecule has 2 fully saturated rings. The van der Waals surface area contributed by atoms with Crippen LogP contribution in [-0.4, -0.2) is 52.5 Å². The molecule has 2 aliphatic rings. The van der Waals surface area contributed by atoms with E-state index in [9.17, 15) is 4.79 Å². The van der Waals surface area contributed by atoms with Crippen LogP contribution in [0.4, 0.5) is 0 Å². The summed E-state index contributed by atoms with van der Waals surface area (Å²) in [6, 6.07) is 8.17. The lowest BCUT2D eigenvalue weighted by atomic mass is 9.89. The molecule has 2 saturated heterocycles. The van der Waals surface area contributed by atoms with Gasteiger partial charge in [-0.25, -0.2) is 0 Å². The summed E-state index contributed by atoms with van der Waals surface area (Å²) >= 11 is 1.75. The minimum atomic E-state index is -0.192. The van der Waals surface area contributed by atoms with Gasteiger partial charge in [-0.2, -0.15) is 11.3 Å². The lowest BCUT2D eigenvalue weighted by molar-refractivity contribution is -0.172. The number of likely N-dealkylation sites (tertiary alicyclic amines) is 1.